The van der Waals surface area contributed by atoms with Crippen molar-refractivity contribution in [2.24, 2.45) is 4.99 Å². The van der Waals surface area contributed by atoms with Crippen LogP contribution >= 0.6 is 12.0 Å². The molecule has 0 aliphatic rings. The van der Waals surface area contributed by atoms with Crippen LogP contribution in [0.1, 0.15) is 12.5 Å². The van der Waals surface area contributed by atoms with Gasteiger partial charge in [-0.3, -0.25) is 4.55 Å². The third-order valence-corrected chi connectivity index (χ3v) is 5.06. The topological polar surface area (TPSA) is 198 Å². The number of aliphatic imine (C=N–C) groups is 1. The lowest BCUT2D eigenvalue weighted by molar-refractivity contribution is -0.432. The van der Waals surface area contributed by atoms with Crippen molar-refractivity contribution in [1.29, 1.82) is 0 Å². The van der Waals surface area contributed by atoms with Crippen LogP contribution in [0.5, 0.6) is 0 Å². The summed E-state index contributed by atoms with van der Waals surface area (Å²) in [5, 5.41) is 26.2. The van der Waals surface area contributed by atoms with E-state index in [9.17, 15) is 13.0 Å². The summed E-state index contributed by atoms with van der Waals surface area (Å²) in [7, 11) is -4.48. The summed E-state index contributed by atoms with van der Waals surface area (Å²) < 4.78 is 42.6. The quantitative estimate of drug-likeness (QED) is 0.0575. The number of nitrogens with one attached hydrogen (secondary N) is 2. The zero-order valence-corrected chi connectivity index (χ0v) is 19.6. The molecule has 0 aliphatic heterocycles. The first kappa shape index (κ1) is 27.5. The van der Waals surface area contributed by atoms with Gasteiger partial charge in [0.25, 0.3) is 16.1 Å². The second-order valence-electron chi connectivity index (χ2n) is 6.14. The molecular formula is C18H24N6O8S2. The average molecular weight is 517 g/mol. The molecule has 0 aliphatic carbocycles. The fourth-order valence-electron chi connectivity index (χ4n) is 2.44. The number of nitrogens with zero attached hydrogens (tertiary/aromatic N) is 4. The Kier molecular flexibility index (Phi) is 11.8. The summed E-state index contributed by atoms with van der Waals surface area (Å²) >= 11 is 0.767. The maximum absolute atomic E-state index is 11.8. The van der Waals surface area contributed by atoms with Gasteiger partial charge in [-0.25, -0.2) is 10.2 Å². The zero-order chi connectivity index (χ0) is 24.8. The van der Waals surface area contributed by atoms with Crippen molar-refractivity contribution in [3.63, 3.8) is 0 Å². The minimum atomic E-state index is -4.48. The number of hydrogen-bond acceptors (Lipinski definition) is 14. The number of aliphatic hydroxyl groups is 1. The first-order valence-corrected chi connectivity index (χ1v) is 12.0. The number of allylic oxidation sites excluding steroid dienone is 1. The van der Waals surface area contributed by atoms with E-state index in [1.54, 1.807) is 25.1 Å². The van der Waals surface area contributed by atoms with Crippen molar-refractivity contribution in [3.8, 4) is 0 Å². The van der Waals surface area contributed by atoms with Crippen LogP contribution in [0.4, 0.5) is 23.5 Å². The molecule has 1 aromatic heterocycles. The first-order valence-electron chi connectivity index (χ1n) is 9.69. The molecule has 0 atom stereocenters. The van der Waals surface area contributed by atoms with Gasteiger partial charge in [-0.1, -0.05) is 23.3 Å². The van der Waals surface area contributed by atoms with E-state index in [4.69, 9.17) is 15.1 Å². The van der Waals surface area contributed by atoms with Crippen molar-refractivity contribution >= 4 is 58.0 Å². The van der Waals surface area contributed by atoms with Crippen molar-refractivity contribution in [1.82, 2.24) is 15.0 Å². The van der Waals surface area contributed by atoms with Crippen molar-refractivity contribution in [2.75, 3.05) is 42.8 Å². The fourth-order valence-corrected chi connectivity index (χ4v) is 3.38. The second-order valence-corrected chi connectivity index (χ2v) is 8.23. The summed E-state index contributed by atoms with van der Waals surface area (Å²) in [5.74, 6) is 0.419. The van der Waals surface area contributed by atoms with Crippen molar-refractivity contribution < 1.29 is 37.4 Å². The molecule has 34 heavy (non-hydrogen) atoms. The minimum Gasteiger partial charge on any atom is -0.394 e. The van der Waals surface area contributed by atoms with E-state index in [-0.39, 0.29) is 48.3 Å². The maximum atomic E-state index is 11.8. The van der Waals surface area contributed by atoms with Crippen LogP contribution in [0.25, 0.3) is 6.08 Å². The third kappa shape index (κ3) is 9.65. The number of benzene rings is 1. The van der Waals surface area contributed by atoms with Gasteiger partial charge in [0, 0.05) is 30.5 Å². The Morgan fingerprint density at radius 3 is 2.71 bits per heavy atom. The molecule has 0 unspecified atom stereocenters. The van der Waals surface area contributed by atoms with Gasteiger partial charge in [0.1, 0.15) is 4.90 Å². The predicted molar refractivity (Wildman–Crippen MR) is 126 cm³/mol. The van der Waals surface area contributed by atoms with Gasteiger partial charge in [0.2, 0.25) is 11.9 Å². The smallest absolute Gasteiger partial charge is 0.295 e. The van der Waals surface area contributed by atoms with E-state index < -0.39 is 10.1 Å². The Bertz CT molecular complexity index is 1080. The average Bonchev–Trinajstić information content (AvgIpc) is 2.79. The first-order chi connectivity index (χ1) is 16.4. The molecule has 2 aromatic rings. The van der Waals surface area contributed by atoms with Crippen molar-refractivity contribution in [2.45, 2.75) is 11.8 Å². The second kappa shape index (κ2) is 14.5. The highest BCUT2D eigenvalue weighted by Crippen LogP contribution is 2.24. The molecule has 1 heterocycles. The van der Waals surface area contributed by atoms with E-state index in [0.717, 1.165) is 12.0 Å². The highest BCUT2D eigenvalue weighted by molar-refractivity contribution is 7.95. The Labute approximate surface area is 199 Å². The number of hydrogen-bond donors (Lipinski definition) is 5. The lowest BCUT2D eigenvalue weighted by atomic mass is 10.2. The predicted octanol–water partition coefficient (Wildman–Crippen LogP) is 2.09. The summed E-state index contributed by atoms with van der Waals surface area (Å²) in [6.07, 6.45) is 4.60. The standard InChI is InChI=1S/C18H24N6O8S2/c1-2-3-13-4-5-14(12-15(13)34(27,28)29)21-18-23-16(19-6-9-30-10-8-25)22-17(24-18)20-7-11-33-32-31-26/h2-5,7,12,25-26H,6,8-11H2,1H3,(H,27,28,29)(H2,19,21,22,23,24). The monoisotopic (exact) mass is 516 g/mol. The summed E-state index contributed by atoms with van der Waals surface area (Å²) in [4.78, 5) is 16.3. The van der Waals surface area contributed by atoms with Crippen LogP contribution in [0, 0.1) is 0 Å². The summed E-state index contributed by atoms with van der Waals surface area (Å²) in [6, 6.07) is 4.36. The summed E-state index contributed by atoms with van der Waals surface area (Å²) in [6.45, 7) is 2.43. The molecule has 0 amide bonds. The molecule has 0 bridgehead atoms. The van der Waals surface area contributed by atoms with Crippen LogP contribution in [0.3, 0.4) is 0 Å². The van der Waals surface area contributed by atoms with Gasteiger partial charge >= 0.3 is 0 Å². The number of anilines is 3. The van der Waals surface area contributed by atoms with Gasteiger partial charge in [-0.05, 0) is 24.6 Å². The van der Waals surface area contributed by atoms with E-state index in [1.165, 1.54) is 18.3 Å². The molecule has 2 rings (SSSR count). The minimum absolute atomic E-state index is 0.0160. The molecule has 0 radical (unpaired) electrons. The number of rotatable bonds is 15. The third-order valence-electron chi connectivity index (χ3n) is 3.71. The van der Waals surface area contributed by atoms with Crippen LogP contribution in [0.15, 0.2) is 34.2 Å². The molecule has 0 saturated heterocycles. The Morgan fingerprint density at radius 1 is 1.21 bits per heavy atom. The Balaban J connectivity index is 2.27. The lowest BCUT2D eigenvalue weighted by Gasteiger charge is -2.11. The van der Waals surface area contributed by atoms with Crippen molar-refractivity contribution in [3.05, 3.63) is 29.8 Å². The van der Waals surface area contributed by atoms with Gasteiger partial charge in [-0.15, -0.1) is 4.33 Å². The van der Waals surface area contributed by atoms with Crippen LogP contribution in [0.2, 0.25) is 0 Å². The van der Waals surface area contributed by atoms with Crippen LogP contribution < -0.4 is 10.6 Å². The largest absolute Gasteiger partial charge is 0.394 e. The van der Waals surface area contributed by atoms with Gasteiger partial charge in [0.15, 0.2) is 0 Å². The summed E-state index contributed by atoms with van der Waals surface area (Å²) in [5.41, 5.74) is 0.608. The van der Waals surface area contributed by atoms with Crippen LogP contribution in [-0.2, 0) is 24.2 Å². The molecule has 14 nitrogen and oxygen atoms in total. The Hall–Kier alpha value is -2.70. The van der Waals surface area contributed by atoms with E-state index in [2.05, 4.69) is 39.9 Å². The highest BCUT2D eigenvalue weighted by atomic mass is 32.2. The number of ether oxygens (including phenoxy) is 1. The number of aromatic nitrogens is 3. The van der Waals surface area contributed by atoms with Gasteiger partial charge in [-0.2, -0.15) is 23.4 Å². The molecule has 0 saturated carbocycles. The fraction of sp³-hybridized carbons (Fsp3) is 0.333. The van der Waals surface area contributed by atoms with Crippen LogP contribution in [-0.4, -0.2) is 76.6 Å². The molecule has 186 valence electrons. The van der Waals surface area contributed by atoms with E-state index in [0.29, 0.717) is 17.8 Å². The molecule has 5 N–H and O–H groups in total. The molecular weight excluding hydrogens is 492 g/mol. The SMILES string of the molecule is CC=Cc1ccc(Nc2nc(N=CCSOOO)nc(NCCOCCO)n2)cc1S(=O)(=O)O. The molecule has 0 fully saturated rings. The Morgan fingerprint density at radius 2 is 2.00 bits per heavy atom. The normalized spacial score (nSPS) is 12.0. The van der Waals surface area contributed by atoms with E-state index >= 15 is 0 Å². The molecule has 16 heteroatoms. The molecule has 0 spiro atoms. The van der Waals surface area contributed by atoms with Gasteiger partial charge < -0.3 is 20.5 Å². The highest BCUT2D eigenvalue weighted by Gasteiger charge is 2.15. The van der Waals surface area contributed by atoms with E-state index in [1.807, 2.05) is 0 Å². The zero-order valence-electron chi connectivity index (χ0n) is 18.0. The number of aliphatic hydroxyl groups excluding tert-OH is 1. The van der Waals surface area contributed by atoms with Gasteiger partial charge in [0.05, 0.1) is 25.6 Å². The lowest BCUT2D eigenvalue weighted by Crippen LogP contribution is -2.14. The molecule has 1 aromatic carbocycles. The maximum Gasteiger partial charge on any atom is 0.295 e.